The van der Waals surface area contributed by atoms with Crippen LogP contribution in [0.5, 0.6) is 0 Å². The van der Waals surface area contributed by atoms with Crippen molar-refractivity contribution in [1.82, 2.24) is 4.90 Å². The Hall–Kier alpha value is -0.900. The summed E-state index contributed by atoms with van der Waals surface area (Å²) in [7, 11) is 1.62. The van der Waals surface area contributed by atoms with Gasteiger partial charge in [0.25, 0.3) is 0 Å². The summed E-state index contributed by atoms with van der Waals surface area (Å²) in [4.78, 5) is 13.8. The van der Waals surface area contributed by atoms with Gasteiger partial charge in [0.2, 0.25) is 0 Å². The maximum Gasteiger partial charge on any atom is 0.409 e. The van der Waals surface area contributed by atoms with E-state index in [-0.39, 0.29) is 6.09 Å². The average Bonchev–Trinajstić information content (AvgIpc) is 2.35. The Kier molecular flexibility index (Phi) is 13.3. The van der Waals surface area contributed by atoms with Crippen LogP contribution in [0.1, 0.15) is 39.5 Å². The molecule has 0 heterocycles. The highest BCUT2D eigenvalue weighted by Gasteiger charge is 2.15. The molecule has 2 N–H and O–H groups in total. The summed E-state index contributed by atoms with van der Waals surface area (Å²) in [5.41, 5.74) is 0. The van der Waals surface area contributed by atoms with Gasteiger partial charge in [0.15, 0.2) is 0 Å². The SMILES string of the molecule is CCCCN(CCCC)C(=O)OCC[N+](C)(C)C.O=S(=O)(O)O. The van der Waals surface area contributed by atoms with Gasteiger partial charge in [0, 0.05) is 13.1 Å². The summed E-state index contributed by atoms with van der Waals surface area (Å²) in [5, 5.41) is 0. The maximum absolute atomic E-state index is 11.9. The van der Waals surface area contributed by atoms with Gasteiger partial charge < -0.3 is 14.1 Å². The standard InChI is InChI=1S/C14H31N2O2.H2O4S/c1-6-8-10-15(11-9-7-2)14(17)18-13-12-16(3,4)5;1-5(2,3)4/h6-13H2,1-5H3;(H2,1,2,3,4)/q+1;. The highest BCUT2D eigenvalue weighted by atomic mass is 32.3. The van der Waals surface area contributed by atoms with Crippen LogP contribution in [0.15, 0.2) is 0 Å². The normalized spacial score (nSPS) is 11.4. The number of rotatable bonds is 9. The van der Waals surface area contributed by atoms with Crippen LogP contribution < -0.4 is 0 Å². The van der Waals surface area contributed by atoms with Crippen molar-refractivity contribution in [2.75, 3.05) is 47.4 Å². The fraction of sp³-hybridized carbons (Fsp3) is 0.929. The molecule has 0 rings (SSSR count). The van der Waals surface area contributed by atoms with Gasteiger partial charge in [-0.25, -0.2) is 4.79 Å². The zero-order valence-electron chi connectivity index (χ0n) is 15.0. The molecule has 0 aliphatic carbocycles. The lowest BCUT2D eigenvalue weighted by atomic mass is 10.3. The molecular weight excluding hydrogens is 324 g/mol. The van der Waals surface area contributed by atoms with Crippen LogP contribution in [-0.4, -0.2) is 80.4 Å². The molecule has 23 heavy (non-hydrogen) atoms. The van der Waals surface area contributed by atoms with Gasteiger partial charge in [-0.2, -0.15) is 8.42 Å². The lowest BCUT2D eigenvalue weighted by Crippen LogP contribution is -2.40. The molecule has 0 aliphatic heterocycles. The quantitative estimate of drug-likeness (QED) is 0.483. The fourth-order valence-electron chi connectivity index (χ4n) is 1.49. The lowest BCUT2D eigenvalue weighted by molar-refractivity contribution is -0.870. The summed E-state index contributed by atoms with van der Waals surface area (Å²) in [6.45, 7) is 7.26. The molecular formula is C14H33N2O6S+. The first-order valence-electron chi connectivity index (χ1n) is 7.82. The second-order valence-electron chi connectivity index (χ2n) is 6.27. The Bertz CT molecular complexity index is 390. The zero-order valence-corrected chi connectivity index (χ0v) is 15.8. The average molecular weight is 357 g/mol. The van der Waals surface area contributed by atoms with Crippen molar-refractivity contribution in [3.63, 3.8) is 0 Å². The number of carbonyl (C=O) groups excluding carboxylic acids is 1. The van der Waals surface area contributed by atoms with Crippen molar-refractivity contribution >= 4 is 16.5 Å². The minimum Gasteiger partial charge on any atom is -0.443 e. The monoisotopic (exact) mass is 357 g/mol. The molecule has 0 saturated heterocycles. The van der Waals surface area contributed by atoms with E-state index in [4.69, 9.17) is 22.3 Å². The molecule has 8 nitrogen and oxygen atoms in total. The van der Waals surface area contributed by atoms with Gasteiger partial charge in [-0.05, 0) is 12.8 Å². The van der Waals surface area contributed by atoms with Crippen LogP contribution in [0.25, 0.3) is 0 Å². The van der Waals surface area contributed by atoms with E-state index < -0.39 is 10.4 Å². The molecule has 0 bridgehead atoms. The van der Waals surface area contributed by atoms with Gasteiger partial charge in [0.1, 0.15) is 13.2 Å². The highest BCUT2D eigenvalue weighted by molar-refractivity contribution is 7.79. The summed E-state index contributed by atoms with van der Waals surface area (Å²) in [6, 6.07) is 0. The number of amides is 1. The number of quaternary nitrogens is 1. The van der Waals surface area contributed by atoms with Crippen LogP contribution >= 0.6 is 0 Å². The van der Waals surface area contributed by atoms with Crippen LogP contribution in [-0.2, 0) is 15.1 Å². The van der Waals surface area contributed by atoms with Crippen molar-refractivity contribution in [2.24, 2.45) is 0 Å². The van der Waals surface area contributed by atoms with Gasteiger partial charge in [-0.3, -0.25) is 9.11 Å². The Morgan fingerprint density at radius 3 is 1.74 bits per heavy atom. The largest absolute Gasteiger partial charge is 0.443 e. The summed E-state index contributed by atoms with van der Waals surface area (Å²) < 4.78 is 37.7. The summed E-state index contributed by atoms with van der Waals surface area (Å²) >= 11 is 0. The third-order valence-electron chi connectivity index (χ3n) is 2.81. The van der Waals surface area contributed by atoms with E-state index in [9.17, 15) is 4.79 Å². The number of carbonyl (C=O) groups is 1. The predicted octanol–water partition coefficient (Wildman–Crippen LogP) is 2.08. The molecule has 0 spiro atoms. The van der Waals surface area contributed by atoms with E-state index in [1.165, 1.54) is 0 Å². The number of unbranched alkanes of at least 4 members (excludes halogenated alkanes) is 2. The Morgan fingerprint density at radius 2 is 1.43 bits per heavy atom. The minimum atomic E-state index is -4.67. The molecule has 9 heteroatoms. The highest BCUT2D eigenvalue weighted by Crippen LogP contribution is 2.02. The zero-order chi connectivity index (χ0) is 18.5. The number of nitrogens with zero attached hydrogens (tertiary/aromatic N) is 2. The molecule has 0 atom stereocenters. The second kappa shape index (κ2) is 12.5. The van der Waals surface area contributed by atoms with E-state index in [1.54, 1.807) is 0 Å². The van der Waals surface area contributed by atoms with Gasteiger partial charge >= 0.3 is 16.5 Å². The predicted molar refractivity (Wildman–Crippen MR) is 89.8 cm³/mol. The molecule has 0 fully saturated rings. The maximum atomic E-state index is 11.9. The smallest absolute Gasteiger partial charge is 0.409 e. The first-order valence-corrected chi connectivity index (χ1v) is 9.22. The topological polar surface area (TPSA) is 104 Å². The Morgan fingerprint density at radius 1 is 1.04 bits per heavy atom. The van der Waals surface area contributed by atoms with Crippen LogP contribution in [0, 0.1) is 0 Å². The second-order valence-corrected chi connectivity index (χ2v) is 7.17. The number of hydrogen-bond acceptors (Lipinski definition) is 4. The van der Waals surface area contributed by atoms with Gasteiger partial charge in [-0.1, -0.05) is 26.7 Å². The van der Waals surface area contributed by atoms with Crippen molar-refractivity contribution < 1.29 is 31.5 Å². The first-order chi connectivity index (χ1) is 10.4. The van der Waals surface area contributed by atoms with Crippen LogP contribution in [0.3, 0.4) is 0 Å². The molecule has 0 radical (unpaired) electrons. The van der Waals surface area contributed by atoms with Crippen molar-refractivity contribution in [3.05, 3.63) is 0 Å². The van der Waals surface area contributed by atoms with E-state index >= 15 is 0 Å². The van der Waals surface area contributed by atoms with Crippen LogP contribution in [0.2, 0.25) is 0 Å². The van der Waals surface area contributed by atoms with Gasteiger partial charge in [-0.15, -0.1) is 0 Å². The summed E-state index contributed by atoms with van der Waals surface area (Å²) in [6.07, 6.45) is 4.16. The van der Waals surface area contributed by atoms with Crippen LogP contribution in [0.4, 0.5) is 4.79 Å². The molecule has 0 unspecified atom stereocenters. The van der Waals surface area contributed by atoms with E-state index in [2.05, 4.69) is 35.0 Å². The summed E-state index contributed by atoms with van der Waals surface area (Å²) in [5.74, 6) is 0. The number of likely N-dealkylation sites (N-methyl/N-ethyl adjacent to an activating group) is 1. The molecule has 1 amide bonds. The van der Waals surface area contributed by atoms with Crippen molar-refractivity contribution in [2.45, 2.75) is 39.5 Å². The number of hydrogen-bond donors (Lipinski definition) is 2. The van der Waals surface area contributed by atoms with Crippen molar-refractivity contribution in [1.29, 1.82) is 0 Å². The Labute approximate surface area is 140 Å². The molecule has 0 saturated carbocycles. The first kappa shape index (κ1) is 24.4. The lowest BCUT2D eigenvalue weighted by Gasteiger charge is -2.25. The molecule has 0 aromatic rings. The minimum absolute atomic E-state index is 0.148. The third kappa shape index (κ3) is 23.5. The molecule has 0 aromatic heterocycles. The molecule has 140 valence electrons. The van der Waals surface area contributed by atoms with Crippen molar-refractivity contribution in [3.8, 4) is 0 Å². The van der Waals surface area contributed by atoms with E-state index in [1.807, 2.05) is 4.90 Å². The van der Waals surface area contributed by atoms with Gasteiger partial charge in [0.05, 0.1) is 21.1 Å². The van der Waals surface area contributed by atoms with E-state index in [0.29, 0.717) is 6.61 Å². The molecule has 0 aliphatic rings. The number of ether oxygens (including phenoxy) is 1. The fourth-order valence-corrected chi connectivity index (χ4v) is 1.49. The molecule has 0 aromatic carbocycles. The van der Waals surface area contributed by atoms with E-state index in [0.717, 1.165) is 49.8 Å². The Balaban J connectivity index is 0. The third-order valence-corrected chi connectivity index (χ3v) is 2.81.